The Morgan fingerprint density at radius 1 is 1.32 bits per heavy atom. The molecule has 6 nitrogen and oxygen atoms in total. The van der Waals surface area contributed by atoms with Crippen molar-refractivity contribution in [1.82, 2.24) is 14.5 Å². The fraction of sp³-hybridized carbons (Fsp3) is 0.400. The van der Waals surface area contributed by atoms with Gasteiger partial charge < -0.3 is 4.57 Å². The Morgan fingerprint density at radius 2 is 2.05 bits per heavy atom. The maximum Gasteiger partial charge on any atom is 0.180 e. The maximum absolute atomic E-state index is 12.4. The van der Waals surface area contributed by atoms with E-state index in [1.165, 1.54) is 6.20 Å². The highest BCUT2D eigenvalue weighted by atomic mass is 32.2. The molecule has 0 unspecified atom stereocenters. The van der Waals surface area contributed by atoms with E-state index in [4.69, 9.17) is 0 Å². The Balaban J connectivity index is 2.21. The number of aromatic nitrogens is 3. The highest BCUT2D eigenvalue weighted by Crippen LogP contribution is 2.41. The van der Waals surface area contributed by atoms with Gasteiger partial charge in [0.25, 0.3) is 0 Å². The number of carbonyl (C=O) groups is 1. The van der Waals surface area contributed by atoms with Crippen LogP contribution in [0.15, 0.2) is 23.4 Å². The monoisotopic (exact) mass is 319 g/mol. The summed E-state index contributed by atoms with van der Waals surface area (Å²) in [5.74, 6) is 0.802. The minimum atomic E-state index is -3.42. The van der Waals surface area contributed by atoms with Crippen LogP contribution in [0.4, 0.5) is 0 Å². The van der Waals surface area contributed by atoms with Gasteiger partial charge in [0, 0.05) is 13.2 Å². The second-order valence-electron chi connectivity index (χ2n) is 5.48. The molecule has 0 aliphatic heterocycles. The number of imidazole rings is 1. The molecule has 0 radical (unpaired) electrons. The molecule has 0 atom stereocenters. The van der Waals surface area contributed by atoms with Crippen LogP contribution in [-0.4, -0.2) is 35.0 Å². The van der Waals surface area contributed by atoms with Crippen molar-refractivity contribution < 1.29 is 13.2 Å². The molecule has 0 bridgehead atoms. The zero-order valence-corrected chi connectivity index (χ0v) is 13.3. The molecule has 22 heavy (non-hydrogen) atoms. The summed E-state index contributed by atoms with van der Waals surface area (Å²) in [5, 5.41) is 0. The summed E-state index contributed by atoms with van der Waals surface area (Å²) in [6.45, 7) is 1.61. The molecule has 7 heteroatoms. The highest BCUT2D eigenvalue weighted by molar-refractivity contribution is 7.91. The lowest BCUT2D eigenvalue weighted by Crippen LogP contribution is -2.10. The first kappa shape index (κ1) is 14.9. The largest absolute Gasteiger partial charge is 0.324 e. The van der Waals surface area contributed by atoms with Gasteiger partial charge in [-0.2, -0.15) is 0 Å². The van der Waals surface area contributed by atoms with E-state index >= 15 is 0 Å². The van der Waals surface area contributed by atoms with E-state index in [1.807, 2.05) is 0 Å². The minimum Gasteiger partial charge on any atom is -0.324 e. The SMILES string of the molecule is CCS(=O)(=O)c1cc(C2CC2)cnc1-c1ncc(C=O)n1C. The highest BCUT2D eigenvalue weighted by Gasteiger charge is 2.28. The van der Waals surface area contributed by atoms with Gasteiger partial charge in [0.05, 0.1) is 16.8 Å². The molecule has 1 fully saturated rings. The predicted octanol–water partition coefficient (Wildman–Crippen LogP) is 1.97. The van der Waals surface area contributed by atoms with Crippen LogP contribution in [0.5, 0.6) is 0 Å². The van der Waals surface area contributed by atoms with E-state index < -0.39 is 9.84 Å². The standard InChI is InChI=1S/C15H17N3O3S/c1-3-22(20,21)13-6-11(10-4-5-10)7-16-14(13)15-17-8-12(9-19)18(15)2/h6-10H,3-5H2,1-2H3. The number of hydrogen-bond donors (Lipinski definition) is 0. The van der Waals surface area contributed by atoms with E-state index in [0.717, 1.165) is 18.4 Å². The van der Waals surface area contributed by atoms with E-state index in [1.54, 1.807) is 30.8 Å². The molecule has 0 spiro atoms. The van der Waals surface area contributed by atoms with Crippen LogP contribution in [-0.2, 0) is 16.9 Å². The van der Waals surface area contributed by atoms with Crippen LogP contribution in [0, 0.1) is 0 Å². The van der Waals surface area contributed by atoms with Gasteiger partial charge in [-0.15, -0.1) is 0 Å². The van der Waals surface area contributed by atoms with Crippen LogP contribution in [0.25, 0.3) is 11.5 Å². The van der Waals surface area contributed by atoms with Gasteiger partial charge in [0.15, 0.2) is 21.9 Å². The third-order valence-corrected chi connectivity index (χ3v) is 5.74. The Kier molecular flexibility index (Phi) is 3.60. The molecule has 3 rings (SSSR count). The van der Waals surface area contributed by atoms with Crippen molar-refractivity contribution in [2.75, 3.05) is 5.75 Å². The topological polar surface area (TPSA) is 81.9 Å². The van der Waals surface area contributed by atoms with Gasteiger partial charge in [-0.3, -0.25) is 9.78 Å². The van der Waals surface area contributed by atoms with Crippen molar-refractivity contribution in [3.63, 3.8) is 0 Å². The number of pyridine rings is 1. The molecule has 2 aromatic rings. The lowest BCUT2D eigenvalue weighted by molar-refractivity contribution is 0.111. The second kappa shape index (κ2) is 5.31. The first-order chi connectivity index (χ1) is 10.5. The zero-order valence-electron chi connectivity index (χ0n) is 12.5. The summed E-state index contributed by atoms with van der Waals surface area (Å²) in [6.07, 6.45) is 5.97. The van der Waals surface area contributed by atoms with Gasteiger partial charge in [0.2, 0.25) is 0 Å². The van der Waals surface area contributed by atoms with Crippen molar-refractivity contribution in [3.8, 4) is 11.5 Å². The molecule has 1 saturated carbocycles. The van der Waals surface area contributed by atoms with Crippen LogP contribution in [0.2, 0.25) is 0 Å². The molecule has 0 N–H and O–H groups in total. The molecule has 0 saturated heterocycles. The van der Waals surface area contributed by atoms with Crippen LogP contribution < -0.4 is 0 Å². The van der Waals surface area contributed by atoms with Gasteiger partial charge in [-0.05, 0) is 30.4 Å². The summed E-state index contributed by atoms with van der Waals surface area (Å²) in [5.41, 5.74) is 1.64. The smallest absolute Gasteiger partial charge is 0.180 e. The van der Waals surface area contributed by atoms with Crippen molar-refractivity contribution >= 4 is 16.1 Å². The molecule has 1 aliphatic carbocycles. The summed E-state index contributed by atoms with van der Waals surface area (Å²) in [6, 6.07) is 1.72. The average Bonchev–Trinajstić information content (AvgIpc) is 3.30. The van der Waals surface area contributed by atoms with Crippen LogP contribution in [0.1, 0.15) is 41.7 Å². The summed E-state index contributed by atoms with van der Waals surface area (Å²) in [4.78, 5) is 19.7. The van der Waals surface area contributed by atoms with Gasteiger partial charge >= 0.3 is 0 Å². The van der Waals surface area contributed by atoms with Crippen molar-refractivity contribution in [1.29, 1.82) is 0 Å². The Labute approximate surface area is 129 Å². The lowest BCUT2D eigenvalue weighted by atomic mass is 10.2. The van der Waals surface area contributed by atoms with Gasteiger partial charge in [-0.1, -0.05) is 6.92 Å². The summed E-state index contributed by atoms with van der Waals surface area (Å²) in [7, 11) is -1.75. The molecule has 116 valence electrons. The molecule has 0 amide bonds. The number of carbonyl (C=O) groups excluding carboxylic acids is 1. The Bertz CT molecular complexity index is 836. The summed E-state index contributed by atoms with van der Waals surface area (Å²) < 4.78 is 26.4. The van der Waals surface area contributed by atoms with Crippen molar-refractivity contribution in [2.45, 2.75) is 30.6 Å². The first-order valence-electron chi connectivity index (χ1n) is 7.18. The molecule has 1 aliphatic rings. The second-order valence-corrected chi connectivity index (χ2v) is 7.72. The van der Waals surface area contributed by atoms with Gasteiger partial charge in [0.1, 0.15) is 11.4 Å². The van der Waals surface area contributed by atoms with Crippen LogP contribution in [0.3, 0.4) is 0 Å². The summed E-state index contributed by atoms with van der Waals surface area (Å²) >= 11 is 0. The normalized spacial score (nSPS) is 15.0. The number of nitrogens with zero attached hydrogens (tertiary/aromatic N) is 3. The molecule has 2 heterocycles. The molecular weight excluding hydrogens is 302 g/mol. The maximum atomic E-state index is 12.4. The fourth-order valence-corrected chi connectivity index (χ4v) is 3.48. The number of hydrogen-bond acceptors (Lipinski definition) is 5. The third kappa shape index (κ3) is 2.45. The number of aldehydes is 1. The Morgan fingerprint density at radius 3 is 2.59 bits per heavy atom. The first-order valence-corrected chi connectivity index (χ1v) is 8.83. The van der Waals surface area contributed by atoms with E-state index in [0.29, 0.717) is 29.4 Å². The van der Waals surface area contributed by atoms with E-state index in [-0.39, 0.29) is 10.6 Å². The van der Waals surface area contributed by atoms with Gasteiger partial charge in [-0.25, -0.2) is 13.4 Å². The average molecular weight is 319 g/mol. The number of rotatable bonds is 5. The zero-order chi connectivity index (χ0) is 15.9. The third-order valence-electron chi connectivity index (χ3n) is 3.99. The van der Waals surface area contributed by atoms with E-state index in [9.17, 15) is 13.2 Å². The molecular formula is C15H17N3O3S. The van der Waals surface area contributed by atoms with Crippen LogP contribution >= 0.6 is 0 Å². The number of sulfone groups is 1. The minimum absolute atomic E-state index is 0.000755. The Hall–Kier alpha value is -2.02. The predicted molar refractivity (Wildman–Crippen MR) is 81.5 cm³/mol. The van der Waals surface area contributed by atoms with E-state index in [2.05, 4.69) is 9.97 Å². The fourth-order valence-electron chi connectivity index (χ4n) is 2.41. The molecule has 0 aromatic carbocycles. The van der Waals surface area contributed by atoms with Crippen molar-refractivity contribution in [3.05, 3.63) is 29.7 Å². The molecule has 2 aromatic heterocycles. The van der Waals surface area contributed by atoms with Crippen molar-refractivity contribution in [2.24, 2.45) is 7.05 Å². The quantitative estimate of drug-likeness (QED) is 0.787. The lowest BCUT2D eigenvalue weighted by Gasteiger charge is -2.11.